The molecule has 0 atom stereocenters. The van der Waals surface area contributed by atoms with E-state index in [1.807, 2.05) is 6.07 Å². The van der Waals surface area contributed by atoms with Crippen LogP contribution in [0.15, 0.2) is 53.7 Å². The molecule has 3 amide bonds. The summed E-state index contributed by atoms with van der Waals surface area (Å²) in [4.78, 5) is 53.8. The van der Waals surface area contributed by atoms with Crippen LogP contribution in [0.4, 0.5) is 11.4 Å². The lowest BCUT2D eigenvalue weighted by Gasteiger charge is -2.17. The Hall–Kier alpha value is -3.98. The number of aliphatic hydroxyl groups is 1. The molecular formula is C23H21N3O6. The lowest BCUT2D eigenvalue weighted by molar-refractivity contribution is -0.136. The number of nitrogens with zero attached hydrogens (tertiary/aromatic N) is 2. The summed E-state index contributed by atoms with van der Waals surface area (Å²) in [5, 5.41) is 12.1. The van der Waals surface area contributed by atoms with Crippen molar-refractivity contribution in [2.45, 2.75) is 6.92 Å². The molecule has 32 heavy (non-hydrogen) atoms. The second-order valence-corrected chi connectivity index (χ2v) is 7.38. The topological polar surface area (TPSA) is 116 Å². The Labute approximate surface area is 183 Å². The number of aryl methyl sites for hydroxylation is 1. The van der Waals surface area contributed by atoms with Crippen LogP contribution in [0.2, 0.25) is 0 Å². The molecule has 0 saturated heterocycles. The van der Waals surface area contributed by atoms with Gasteiger partial charge in [-0.2, -0.15) is 0 Å². The summed E-state index contributed by atoms with van der Waals surface area (Å²) in [6.07, 6.45) is 0. The number of carbonyl (C=O) groups is 4. The van der Waals surface area contributed by atoms with Crippen molar-refractivity contribution in [1.82, 2.24) is 4.90 Å². The van der Waals surface area contributed by atoms with Gasteiger partial charge in [-0.1, -0.05) is 24.3 Å². The van der Waals surface area contributed by atoms with Crippen molar-refractivity contribution in [3.63, 3.8) is 0 Å². The Morgan fingerprint density at radius 1 is 1.06 bits per heavy atom. The molecule has 0 radical (unpaired) electrons. The minimum Gasteiger partial charge on any atom is -0.466 e. The summed E-state index contributed by atoms with van der Waals surface area (Å²) in [5.74, 6) is -2.20. The number of hydrogen-bond donors (Lipinski definition) is 2. The van der Waals surface area contributed by atoms with Crippen LogP contribution in [0.5, 0.6) is 0 Å². The van der Waals surface area contributed by atoms with Crippen molar-refractivity contribution in [3.05, 3.63) is 70.4 Å². The van der Waals surface area contributed by atoms with Crippen LogP contribution in [-0.4, -0.2) is 60.5 Å². The second kappa shape index (κ2) is 8.27. The molecule has 0 fully saturated rings. The predicted octanol–water partition coefficient (Wildman–Crippen LogP) is 1.47. The fourth-order valence-corrected chi connectivity index (χ4v) is 3.91. The van der Waals surface area contributed by atoms with Crippen molar-refractivity contribution in [3.8, 4) is 0 Å². The van der Waals surface area contributed by atoms with E-state index < -0.39 is 23.7 Å². The molecule has 0 aliphatic carbocycles. The zero-order valence-corrected chi connectivity index (χ0v) is 17.5. The van der Waals surface area contributed by atoms with Crippen LogP contribution in [0.1, 0.15) is 26.3 Å². The summed E-state index contributed by atoms with van der Waals surface area (Å²) >= 11 is 0. The Bertz CT molecular complexity index is 1190. The molecule has 9 nitrogen and oxygen atoms in total. The van der Waals surface area contributed by atoms with Crippen LogP contribution in [-0.2, 0) is 14.3 Å². The number of carbonyl (C=O) groups excluding carboxylic acids is 4. The van der Waals surface area contributed by atoms with Gasteiger partial charge < -0.3 is 20.1 Å². The van der Waals surface area contributed by atoms with Gasteiger partial charge in [0.05, 0.1) is 48.3 Å². The van der Waals surface area contributed by atoms with Crippen LogP contribution in [0, 0.1) is 6.92 Å². The van der Waals surface area contributed by atoms with Gasteiger partial charge in [0.15, 0.2) is 0 Å². The smallest absolute Gasteiger partial charge is 0.337 e. The average Bonchev–Trinajstić information content (AvgIpc) is 3.23. The fraction of sp³-hybridized carbons (Fsp3) is 0.217. The number of para-hydroxylation sites is 1. The number of β-amino-alcohol motifs (C(OH)–C–C–N with tert-alkyl or cyclic N) is 1. The van der Waals surface area contributed by atoms with Crippen LogP contribution < -0.4 is 10.2 Å². The zero-order valence-electron chi connectivity index (χ0n) is 17.5. The van der Waals surface area contributed by atoms with Crippen molar-refractivity contribution in [2.75, 3.05) is 37.0 Å². The number of rotatable bonds is 6. The van der Waals surface area contributed by atoms with E-state index in [-0.39, 0.29) is 47.8 Å². The van der Waals surface area contributed by atoms with E-state index in [1.165, 1.54) is 12.0 Å². The Morgan fingerprint density at radius 3 is 2.50 bits per heavy atom. The van der Waals surface area contributed by atoms with Crippen LogP contribution in [0.3, 0.4) is 0 Å². The Morgan fingerprint density at radius 2 is 1.81 bits per heavy atom. The van der Waals surface area contributed by atoms with Gasteiger partial charge in [-0.3, -0.25) is 14.4 Å². The number of amides is 3. The van der Waals surface area contributed by atoms with Crippen molar-refractivity contribution in [1.29, 1.82) is 0 Å². The van der Waals surface area contributed by atoms with Crippen LogP contribution in [0.25, 0.3) is 0 Å². The molecule has 2 aliphatic heterocycles. The van der Waals surface area contributed by atoms with E-state index in [9.17, 15) is 24.3 Å². The van der Waals surface area contributed by atoms with Gasteiger partial charge in [0.1, 0.15) is 5.70 Å². The number of fused-ring (bicyclic) bond motifs is 1. The van der Waals surface area contributed by atoms with Gasteiger partial charge in [0, 0.05) is 6.54 Å². The molecular weight excluding hydrogens is 414 g/mol. The highest BCUT2D eigenvalue weighted by Gasteiger charge is 2.41. The number of imide groups is 1. The number of hydrogen-bond acceptors (Lipinski definition) is 7. The van der Waals surface area contributed by atoms with Crippen LogP contribution >= 0.6 is 0 Å². The number of ether oxygens (including phenoxy) is 1. The SMILES string of the molecule is COC(=O)C1=C(Nc2cccc3c2C(=O)N(c2ccccc2C)C3=O)C(=O)N(CCO)C1. The average molecular weight is 435 g/mol. The van der Waals surface area contributed by atoms with E-state index >= 15 is 0 Å². The predicted molar refractivity (Wildman–Crippen MR) is 115 cm³/mol. The number of anilines is 2. The molecule has 0 aromatic heterocycles. The van der Waals surface area contributed by atoms with E-state index in [4.69, 9.17) is 4.74 Å². The van der Waals surface area contributed by atoms with Gasteiger partial charge in [-0.05, 0) is 30.7 Å². The molecule has 0 spiro atoms. The highest BCUT2D eigenvalue weighted by Crippen LogP contribution is 2.35. The number of esters is 1. The van der Waals surface area contributed by atoms with E-state index in [1.54, 1.807) is 43.3 Å². The first-order chi connectivity index (χ1) is 15.4. The first-order valence-electron chi connectivity index (χ1n) is 9.95. The quantitative estimate of drug-likeness (QED) is 0.521. The maximum Gasteiger partial charge on any atom is 0.337 e. The number of methoxy groups -OCH3 is 1. The fourth-order valence-electron chi connectivity index (χ4n) is 3.91. The highest BCUT2D eigenvalue weighted by atomic mass is 16.5. The molecule has 9 heteroatoms. The lowest BCUT2D eigenvalue weighted by atomic mass is 10.1. The van der Waals surface area contributed by atoms with E-state index in [0.29, 0.717) is 5.69 Å². The summed E-state index contributed by atoms with van der Waals surface area (Å²) in [6, 6.07) is 11.8. The molecule has 2 aromatic rings. The first-order valence-corrected chi connectivity index (χ1v) is 9.95. The number of nitrogens with one attached hydrogen (secondary N) is 1. The molecule has 2 N–H and O–H groups in total. The van der Waals surface area contributed by atoms with Crippen molar-refractivity contribution in [2.24, 2.45) is 0 Å². The molecule has 2 aromatic carbocycles. The molecule has 2 aliphatic rings. The number of benzene rings is 2. The minimum absolute atomic E-state index is 0.0361. The maximum absolute atomic E-state index is 13.3. The molecule has 164 valence electrons. The lowest BCUT2D eigenvalue weighted by Crippen LogP contribution is -2.31. The summed E-state index contributed by atoms with van der Waals surface area (Å²) in [6.45, 7) is 1.53. The monoisotopic (exact) mass is 435 g/mol. The molecule has 0 saturated carbocycles. The Kier molecular flexibility index (Phi) is 5.50. The third-order valence-electron chi connectivity index (χ3n) is 5.48. The van der Waals surface area contributed by atoms with E-state index in [2.05, 4.69) is 5.32 Å². The minimum atomic E-state index is -0.696. The van der Waals surface area contributed by atoms with Gasteiger partial charge >= 0.3 is 5.97 Å². The summed E-state index contributed by atoms with van der Waals surface area (Å²) in [5.41, 5.74) is 1.81. The third kappa shape index (κ3) is 3.32. The molecule has 2 heterocycles. The second-order valence-electron chi connectivity index (χ2n) is 7.38. The summed E-state index contributed by atoms with van der Waals surface area (Å²) in [7, 11) is 1.20. The van der Waals surface area contributed by atoms with Gasteiger partial charge in [-0.25, -0.2) is 9.69 Å². The van der Waals surface area contributed by atoms with Gasteiger partial charge in [0.25, 0.3) is 17.7 Å². The largest absolute Gasteiger partial charge is 0.466 e. The van der Waals surface area contributed by atoms with Gasteiger partial charge in [0.2, 0.25) is 0 Å². The Balaban J connectivity index is 1.75. The molecule has 4 rings (SSSR count). The van der Waals surface area contributed by atoms with Gasteiger partial charge in [-0.15, -0.1) is 0 Å². The maximum atomic E-state index is 13.3. The highest BCUT2D eigenvalue weighted by molar-refractivity contribution is 6.36. The normalized spacial score (nSPS) is 15.5. The van der Waals surface area contributed by atoms with E-state index in [0.717, 1.165) is 10.5 Å². The third-order valence-corrected chi connectivity index (χ3v) is 5.48. The molecule has 0 bridgehead atoms. The zero-order chi connectivity index (χ0) is 23.0. The standard InChI is InChI=1S/C23H21N3O6/c1-13-6-3-4-9-17(13)26-20(28)14-7-5-8-16(18(14)21(26)29)24-19-15(23(31)32-2)12-25(10-11-27)22(19)30/h3-9,24,27H,10-12H2,1-2H3. The summed E-state index contributed by atoms with van der Waals surface area (Å²) < 4.78 is 4.79. The number of aliphatic hydroxyl groups excluding tert-OH is 1. The molecule has 0 unspecified atom stereocenters. The first kappa shape index (κ1) is 21.3. The van der Waals surface area contributed by atoms with Crippen molar-refractivity contribution < 1.29 is 29.0 Å². The van der Waals surface area contributed by atoms with Crippen molar-refractivity contribution >= 4 is 35.1 Å².